The normalized spacial score (nSPS) is 17.8. The highest BCUT2D eigenvalue weighted by molar-refractivity contribution is 5.78. The van der Waals surface area contributed by atoms with Crippen LogP contribution in [-0.2, 0) is 13.0 Å². The van der Waals surface area contributed by atoms with E-state index in [9.17, 15) is 5.21 Å². The van der Waals surface area contributed by atoms with Gasteiger partial charge in [0.25, 0.3) is 0 Å². The number of fused-ring (bicyclic) bond motifs is 3. The highest BCUT2D eigenvalue weighted by Crippen LogP contribution is 2.32. The smallest absolute Gasteiger partial charge is 0.227 e. The summed E-state index contributed by atoms with van der Waals surface area (Å²) < 4.78 is 5.23. The Bertz CT molecular complexity index is 1110. The summed E-state index contributed by atoms with van der Waals surface area (Å²) in [6.45, 7) is 3.86. The maximum Gasteiger partial charge on any atom is 0.227 e. The number of rotatable bonds is 7. The second kappa shape index (κ2) is 10.4. The molecule has 0 aliphatic carbocycles. The molecule has 1 unspecified atom stereocenters. The molecule has 1 saturated heterocycles. The van der Waals surface area contributed by atoms with E-state index >= 15 is 0 Å². The second-order valence-electron chi connectivity index (χ2n) is 9.03. The maximum atomic E-state index is 12.5. The average molecular weight is 461 g/mol. The van der Waals surface area contributed by atoms with Gasteiger partial charge in [-0.15, -0.1) is 0 Å². The number of ether oxygens (including phenoxy) is 1. The number of aromatic nitrogens is 2. The molecule has 1 fully saturated rings. The van der Waals surface area contributed by atoms with Crippen LogP contribution in [0.2, 0.25) is 0 Å². The van der Waals surface area contributed by atoms with Gasteiger partial charge in [0.2, 0.25) is 5.95 Å². The van der Waals surface area contributed by atoms with Gasteiger partial charge in [0.15, 0.2) is 0 Å². The Morgan fingerprint density at radius 1 is 1.12 bits per heavy atom. The van der Waals surface area contributed by atoms with Gasteiger partial charge in [-0.2, -0.15) is 0 Å². The van der Waals surface area contributed by atoms with E-state index in [0.717, 1.165) is 53.3 Å². The lowest BCUT2D eigenvalue weighted by atomic mass is 10.00. The molecule has 0 spiro atoms. The van der Waals surface area contributed by atoms with Gasteiger partial charge in [-0.1, -0.05) is 12.5 Å². The summed E-state index contributed by atoms with van der Waals surface area (Å²) in [6, 6.07) is 13.9. The number of hydroxylamine groups is 1. The molecule has 5 rings (SSSR count). The molecule has 2 aliphatic heterocycles. The molecule has 2 aromatic carbocycles. The van der Waals surface area contributed by atoms with Crippen molar-refractivity contribution in [3.8, 4) is 17.0 Å². The van der Waals surface area contributed by atoms with Crippen molar-refractivity contribution in [2.75, 3.05) is 37.5 Å². The standard InChI is InChI=1S/C26H32N6O2/c1-34-22-10-8-21(9-11-22)28-26-27-17-20-18-32(33)30-24-12-7-19(16-23(24)25(20)29-26)6-5-15-31-13-3-2-4-14-31/h7-12,16-17,30,32H,2-6,13-15,18H2,1H3,(H,27,28,29). The molecule has 8 nitrogen and oxygen atoms in total. The minimum Gasteiger partial charge on any atom is -0.608 e. The molecule has 1 atom stereocenters. The molecule has 178 valence electrons. The topological polar surface area (TPSA) is 89.8 Å². The SMILES string of the molecule is COc1ccc(Nc2ncc3c(n2)-c2cc(CCCN4CCCCC4)ccc2N[NH+]([O-])C3)cc1. The lowest BCUT2D eigenvalue weighted by Gasteiger charge is -2.26. The van der Waals surface area contributed by atoms with Crippen molar-refractivity contribution < 1.29 is 9.91 Å². The van der Waals surface area contributed by atoms with Gasteiger partial charge in [-0.25, -0.2) is 15.4 Å². The number of piperidine rings is 1. The van der Waals surface area contributed by atoms with E-state index < -0.39 is 0 Å². The number of hydrogen-bond donors (Lipinski definition) is 3. The Hall–Kier alpha value is -3.20. The fourth-order valence-corrected chi connectivity index (χ4v) is 4.74. The van der Waals surface area contributed by atoms with Crippen LogP contribution in [-0.4, -0.2) is 41.6 Å². The second-order valence-corrected chi connectivity index (χ2v) is 9.03. The third kappa shape index (κ3) is 5.30. The van der Waals surface area contributed by atoms with Crippen molar-refractivity contribution in [2.24, 2.45) is 0 Å². The molecule has 0 radical (unpaired) electrons. The third-order valence-corrected chi connectivity index (χ3v) is 6.56. The zero-order valence-electron chi connectivity index (χ0n) is 19.6. The predicted octanol–water partition coefficient (Wildman–Crippen LogP) is 3.54. The van der Waals surface area contributed by atoms with Gasteiger partial charge in [0.1, 0.15) is 12.3 Å². The highest BCUT2D eigenvalue weighted by Gasteiger charge is 2.21. The minimum absolute atomic E-state index is 0.0442. The fraction of sp³-hybridized carbons (Fsp3) is 0.385. The first kappa shape index (κ1) is 22.6. The van der Waals surface area contributed by atoms with Crippen LogP contribution in [0.3, 0.4) is 0 Å². The summed E-state index contributed by atoms with van der Waals surface area (Å²) in [5.74, 6) is 1.29. The van der Waals surface area contributed by atoms with Crippen LogP contribution in [0.15, 0.2) is 48.7 Å². The number of methoxy groups -OCH3 is 1. The van der Waals surface area contributed by atoms with Gasteiger partial charge in [-0.3, -0.25) is 5.17 Å². The summed E-state index contributed by atoms with van der Waals surface area (Å²) in [4.78, 5) is 11.9. The van der Waals surface area contributed by atoms with Crippen LogP contribution in [0.5, 0.6) is 5.75 Å². The number of benzene rings is 2. The lowest BCUT2D eigenvalue weighted by Crippen LogP contribution is -3.09. The monoisotopic (exact) mass is 460 g/mol. The van der Waals surface area contributed by atoms with Crippen LogP contribution < -0.4 is 20.7 Å². The van der Waals surface area contributed by atoms with Crippen LogP contribution >= 0.6 is 0 Å². The molecule has 0 bridgehead atoms. The zero-order valence-corrected chi connectivity index (χ0v) is 19.6. The van der Waals surface area contributed by atoms with Crippen LogP contribution in [0.4, 0.5) is 17.3 Å². The van der Waals surface area contributed by atoms with Gasteiger partial charge in [0, 0.05) is 17.4 Å². The number of quaternary nitrogens is 1. The van der Waals surface area contributed by atoms with Gasteiger partial charge >= 0.3 is 0 Å². The third-order valence-electron chi connectivity index (χ3n) is 6.56. The van der Waals surface area contributed by atoms with Crippen LogP contribution in [0, 0.1) is 5.21 Å². The summed E-state index contributed by atoms with van der Waals surface area (Å²) in [7, 11) is 1.65. The minimum atomic E-state index is -0.0442. The van der Waals surface area contributed by atoms with E-state index in [0.29, 0.717) is 5.95 Å². The summed E-state index contributed by atoms with van der Waals surface area (Å²) in [5.41, 5.74) is 8.57. The van der Waals surface area contributed by atoms with Crippen molar-refractivity contribution in [3.05, 3.63) is 65.0 Å². The number of anilines is 3. The molecule has 3 heterocycles. The Labute approximate surface area is 200 Å². The molecule has 3 N–H and O–H groups in total. The van der Waals surface area contributed by atoms with Crippen molar-refractivity contribution >= 4 is 17.3 Å². The van der Waals surface area contributed by atoms with Crippen molar-refractivity contribution in [2.45, 2.75) is 38.6 Å². The van der Waals surface area contributed by atoms with Crippen LogP contribution in [0.25, 0.3) is 11.3 Å². The van der Waals surface area contributed by atoms with Gasteiger partial charge in [0.05, 0.1) is 24.1 Å². The number of likely N-dealkylation sites (tertiary alicyclic amines) is 1. The van der Waals surface area contributed by atoms with E-state index in [4.69, 9.17) is 9.72 Å². The molecule has 34 heavy (non-hydrogen) atoms. The molecular formula is C26H32N6O2. The first-order chi connectivity index (χ1) is 16.7. The Morgan fingerprint density at radius 3 is 2.74 bits per heavy atom. The largest absolute Gasteiger partial charge is 0.608 e. The first-order valence-corrected chi connectivity index (χ1v) is 12.1. The van der Waals surface area contributed by atoms with E-state index in [2.05, 4.69) is 32.8 Å². The van der Waals surface area contributed by atoms with Crippen molar-refractivity contribution in [1.29, 1.82) is 0 Å². The van der Waals surface area contributed by atoms with Gasteiger partial charge < -0.3 is 20.2 Å². The van der Waals surface area contributed by atoms with E-state index in [-0.39, 0.29) is 11.7 Å². The molecule has 2 aliphatic rings. The molecule has 1 aromatic heterocycles. The molecule has 8 heteroatoms. The number of aryl methyl sites for hydroxylation is 1. The van der Waals surface area contributed by atoms with E-state index in [1.165, 1.54) is 37.9 Å². The number of hydrogen-bond acceptors (Lipinski definition) is 7. The van der Waals surface area contributed by atoms with E-state index in [1.54, 1.807) is 13.3 Å². The van der Waals surface area contributed by atoms with E-state index in [1.807, 2.05) is 30.3 Å². The van der Waals surface area contributed by atoms with Crippen molar-refractivity contribution in [1.82, 2.24) is 14.9 Å². The van der Waals surface area contributed by atoms with Gasteiger partial charge in [-0.05, 0) is 87.3 Å². The molecule has 3 aromatic rings. The average Bonchev–Trinajstić information content (AvgIpc) is 3.00. The van der Waals surface area contributed by atoms with Crippen molar-refractivity contribution in [3.63, 3.8) is 0 Å². The molecule has 0 saturated carbocycles. The Morgan fingerprint density at radius 2 is 1.94 bits per heavy atom. The summed E-state index contributed by atoms with van der Waals surface area (Å²) in [6.07, 6.45) is 7.90. The quantitative estimate of drug-likeness (QED) is 0.465. The Balaban J connectivity index is 1.37. The van der Waals surface area contributed by atoms with Crippen LogP contribution in [0.1, 0.15) is 36.8 Å². The maximum absolute atomic E-state index is 12.5. The summed E-state index contributed by atoms with van der Waals surface area (Å²) in [5, 5.41) is 15.7. The molecular weight excluding hydrogens is 428 g/mol. The number of nitrogens with zero attached hydrogens (tertiary/aromatic N) is 3. The fourth-order valence-electron chi connectivity index (χ4n) is 4.74. The lowest BCUT2D eigenvalue weighted by molar-refractivity contribution is -0.838. The highest BCUT2D eigenvalue weighted by atomic mass is 16.5. The number of nitrogens with one attached hydrogen (secondary N) is 3. The molecule has 0 amide bonds. The Kier molecular flexibility index (Phi) is 6.89. The summed E-state index contributed by atoms with van der Waals surface area (Å²) >= 11 is 0. The first-order valence-electron chi connectivity index (χ1n) is 12.1. The predicted molar refractivity (Wildman–Crippen MR) is 134 cm³/mol. The zero-order chi connectivity index (χ0) is 23.3.